The predicted octanol–water partition coefficient (Wildman–Crippen LogP) is 3.66. The number of rotatable bonds is 5. The molecule has 1 saturated heterocycles. The van der Waals surface area contributed by atoms with Gasteiger partial charge in [0.25, 0.3) is 5.91 Å². The summed E-state index contributed by atoms with van der Waals surface area (Å²) in [6.45, 7) is 6.36. The van der Waals surface area contributed by atoms with Gasteiger partial charge in [-0.3, -0.25) is 9.59 Å². The minimum atomic E-state index is -0.469. The minimum Gasteiger partial charge on any atom is -0.378 e. The number of anilines is 1. The maximum Gasteiger partial charge on any atom is 0.266 e. The van der Waals surface area contributed by atoms with Gasteiger partial charge in [0.05, 0.1) is 13.2 Å². The molecule has 0 unspecified atom stereocenters. The lowest BCUT2D eigenvalue weighted by atomic mass is 10.1. The van der Waals surface area contributed by atoms with Crippen LogP contribution in [0, 0.1) is 25.2 Å². The Kier molecular flexibility index (Phi) is 6.57. The molecule has 2 amide bonds. The van der Waals surface area contributed by atoms with E-state index in [9.17, 15) is 14.9 Å². The van der Waals surface area contributed by atoms with Crippen molar-refractivity contribution in [2.45, 2.75) is 20.4 Å². The van der Waals surface area contributed by atoms with E-state index in [1.54, 1.807) is 11.0 Å². The SMILES string of the molecule is Cc1cc(C)cc(NC(=O)/C(C#N)=C/c2cn(CC(=O)N3CCOCC3)c3ccccc23)c1. The Balaban J connectivity index is 1.61. The molecule has 0 aliphatic carbocycles. The van der Waals surface area contributed by atoms with E-state index in [1.807, 2.05) is 73.1 Å². The highest BCUT2D eigenvalue weighted by molar-refractivity contribution is 6.10. The van der Waals surface area contributed by atoms with Gasteiger partial charge in [-0.2, -0.15) is 5.26 Å². The molecule has 2 heterocycles. The van der Waals surface area contributed by atoms with E-state index in [1.165, 1.54) is 0 Å². The van der Waals surface area contributed by atoms with Crippen LogP contribution in [0.3, 0.4) is 0 Å². The first-order valence-corrected chi connectivity index (χ1v) is 10.9. The van der Waals surface area contributed by atoms with Crippen LogP contribution in [0.5, 0.6) is 0 Å². The van der Waals surface area contributed by atoms with Crippen LogP contribution in [0.25, 0.3) is 17.0 Å². The largest absolute Gasteiger partial charge is 0.378 e. The summed E-state index contributed by atoms with van der Waals surface area (Å²) in [5.74, 6) is -0.452. The van der Waals surface area contributed by atoms with E-state index >= 15 is 0 Å². The fraction of sp³-hybridized carbons (Fsp3) is 0.269. The molecule has 1 aliphatic heterocycles. The lowest BCUT2D eigenvalue weighted by molar-refractivity contribution is -0.135. The van der Waals surface area contributed by atoms with E-state index in [2.05, 4.69) is 5.32 Å². The maximum atomic E-state index is 12.8. The predicted molar refractivity (Wildman–Crippen MR) is 127 cm³/mol. The zero-order chi connectivity index (χ0) is 23.4. The number of benzene rings is 2. The monoisotopic (exact) mass is 442 g/mol. The Morgan fingerprint density at radius 3 is 2.52 bits per heavy atom. The highest BCUT2D eigenvalue weighted by atomic mass is 16.5. The minimum absolute atomic E-state index is 0.00318. The molecule has 2 aromatic carbocycles. The van der Waals surface area contributed by atoms with Crippen molar-refractivity contribution < 1.29 is 14.3 Å². The lowest BCUT2D eigenvalue weighted by Gasteiger charge is -2.27. The van der Waals surface area contributed by atoms with Gasteiger partial charge in [0.2, 0.25) is 5.91 Å². The van der Waals surface area contributed by atoms with E-state index < -0.39 is 5.91 Å². The number of morpholine rings is 1. The number of aryl methyl sites for hydroxylation is 2. The highest BCUT2D eigenvalue weighted by Crippen LogP contribution is 2.24. The van der Waals surface area contributed by atoms with Gasteiger partial charge in [0, 0.05) is 41.4 Å². The fourth-order valence-corrected chi connectivity index (χ4v) is 4.13. The van der Waals surface area contributed by atoms with Gasteiger partial charge in [-0.25, -0.2) is 0 Å². The molecule has 1 N–H and O–H groups in total. The second kappa shape index (κ2) is 9.72. The number of aromatic nitrogens is 1. The molecule has 7 nitrogen and oxygen atoms in total. The average molecular weight is 443 g/mol. The van der Waals surface area contributed by atoms with Crippen LogP contribution in [-0.2, 0) is 20.9 Å². The van der Waals surface area contributed by atoms with Crippen LogP contribution in [-0.4, -0.2) is 47.6 Å². The van der Waals surface area contributed by atoms with Gasteiger partial charge in [-0.15, -0.1) is 0 Å². The summed E-state index contributed by atoms with van der Waals surface area (Å²) in [5.41, 5.74) is 4.29. The third-order valence-electron chi connectivity index (χ3n) is 5.63. The molecule has 7 heteroatoms. The van der Waals surface area contributed by atoms with Crippen molar-refractivity contribution in [2.24, 2.45) is 0 Å². The average Bonchev–Trinajstić information content (AvgIpc) is 3.14. The second-order valence-electron chi connectivity index (χ2n) is 8.22. The highest BCUT2D eigenvalue weighted by Gasteiger charge is 2.19. The molecular formula is C26H26N4O3. The van der Waals surface area contributed by atoms with Gasteiger partial charge in [0.15, 0.2) is 0 Å². The van der Waals surface area contributed by atoms with Crippen LogP contribution in [0.4, 0.5) is 5.69 Å². The quantitative estimate of drug-likeness (QED) is 0.483. The molecule has 168 valence electrons. The summed E-state index contributed by atoms with van der Waals surface area (Å²) in [5, 5.41) is 13.4. The molecule has 0 saturated carbocycles. The summed E-state index contributed by atoms with van der Waals surface area (Å²) in [6.07, 6.45) is 3.40. The summed E-state index contributed by atoms with van der Waals surface area (Å²) in [7, 11) is 0. The van der Waals surface area contributed by atoms with E-state index in [-0.39, 0.29) is 18.0 Å². The zero-order valence-corrected chi connectivity index (χ0v) is 18.8. The normalized spacial score (nSPS) is 14.2. The van der Waals surface area contributed by atoms with Crippen molar-refractivity contribution >= 4 is 34.5 Å². The standard InChI is InChI=1S/C26H26N4O3/c1-18-11-19(2)13-22(12-18)28-26(32)20(15-27)14-21-16-30(24-6-4-3-5-23(21)24)17-25(31)29-7-9-33-10-8-29/h3-6,11-14,16H,7-10,17H2,1-2H3,(H,28,32)/b20-14+. The Morgan fingerprint density at radius 2 is 1.82 bits per heavy atom. The van der Waals surface area contributed by atoms with Gasteiger partial charge >= 0.3 is 0 Å². The molecule has 0 bridgehead atoms. The molecule has 3 aromatic rings. The van der Waals surface area contributed by atoms with E-state index in [0.717, 1.165) is 22.0 Å². The number of nitriles is 1. The Labute approximate surface area is 192 Å². The zero-order valence-electron chi connectivity index (χ0n) is 18.8. The first kappa shape index (κ1) is 22.3. The number of para-hydroxylation sites is 1. The van der Waals surface area contributed by atoms with Crippen LogP contribution < -0.4 is 5.32 Å². The van der Waals surface area contributed by atoms with Crippen molar-refractivity contribution in [2.75, 3.05) is 31.6 Å². The third-order valence-corrected chi connectivity index (χ3v) is 5.63. The number of carbonyl (C=O) groups is 2. The van der Waals surface area contributed by atoms with Crippen molar-refractivity contribution in [3.63, 3.8) is 0 Å². The van der Waals surface area contributed by atoms with Gasteiger partial charge < -0.3 is 19.5 Å². The molecule has 4 rings (SSSR count). The summed E-state index contributed by atoms with van der Waals surface area (Å²) < 4.78 is 7.20. The van der Waals surface area contributed by atoms with E-state index in [0.29, 0.717) is 37.6 Å². The molecule has 1 aromatic heterocycles. The van der Waals surface area contributed by atoms with Crippen molar-refractivity contribution in [3.8, 4) is 6.07 Å². The summed E-state index contributed by atoms with van der Waals surface area (Å²) >= 11 is 0. The Morgan fingerprint density at radius 1 is 1.12 bits per heavy atom. The maximum absolute atomic E-state index is 12.8. The van der Waals surface area contributed by atoms with Crippen LogP contribution in [0.15, 0.2) is 54.2 Å². The molecule has 1 aliphatic rings. The molecule has 0 radical (unpaired) electrons. The first-order chi connectivity index (χ1) is 15.9. The molecule has 0 spiro atoms. The topological polar surface area (TPSA) is 87.4 Å². The number of amides is 2. The number of nitrogens with zero attached hydrogens (tertiary/aromatic N) is 3. The number of fused-ring (bicyclic) bond motifs is 1. The second-order valence-corrected chi connectivity index (χ2v) is 8.22. The molecule has 1 fully saturated rings. The fourth-order valence-electron chi connectivity index (χ4n) is 4.13. The van der Waals surface area contributed by atoms with Crippen molar-refractivity contribution in [3.05, 3.63) is 70.9 Å². The smallest absolute Gasteiger partial charge is 0.266 e. The Hall–Kier alpha value is -3.89. The van der Waals surface area contributed by atoms with E-state index in [4.69, 9.17) is 4.74 Å². The lowest BCUT2D eigenvalue weighted by Crippen LogP contribution is -2.42. The third kappa shape index (κ3) is 5.13. The number of hydrogen-bond acceptors (Lipinski definition) is 4. The molecule has 0 atom stereocenters. The molecular weight excluding hydrogens is 416 g/mol. The summed E-state index contributed by atoms with van der Waals surface area (Å²) in [4.78, 5) is 27.4. The van der Waals surface area contributed by atoms with Gasteiger partial charge in [-0.1, -0.05) is 24.3 Å². The number of hydrogen-bond donors (Lipinski definition) is 1. The van der Waals surface area contributed by atoms with Crippen LogP contribution >= 0.6 is 0 Å². The number of ether oxygens (including phenoxy) is 1. The van der Waals surface area contributed by atoms with Crippen molar-refractivity contribution in [1.82, 2.24) is 9.47 Å². The number of nitrogens with one attached hydrogen (secondary N) is 1. The van der Waals surface area contributed by atoms with Crippen molar-refractivity contribution in [1.29, 1.82) is 5.26 Å². The first-order valence-electron chi connectivity index (χ1n) is 10.9. The Bertz CT molecular complexity index is 1260. The van der Waals surface area contributed by atoms with Gasteiger partial charge in [0.1, 0.15) is 18.2 Å². The van der Waals surface area contributed by atoms with Crippen LogP contribution in [0.1, 0.15) is 16.7 Å². The number of carbonyl (C=O) groups excluding carboxylic acids is 2. The molecule has 33 heavy (non-hydrogen) atoms. The summed E-state index contributed by atoms with van der Waals surface area (Å²) in [6, 6.07) is 15.4. The van der Waals surface area contributed by atoms with Gasteiger partial charge in [-0.05, 0) is 49.2 Å². The van der Waals surface area contributed by atoms with Crippen LogP contribution in [0.2, 0.25) is 0 Å².